The van der Waals surface area contributed by atoms with E-state index < -0.39 is 22.5 Å². The van der Waals surface area contributed by atoms with Crippen molar-refractivity contribution in [3.05, 3.63) is 88.5 Å². The van der Waals surface area contributed by atoms with Crippen LogP contribution in [-0.4, -0.2) is 67.6 Å². The minimum atomic E-state index is -4.29. The van der Waals surface area contributed by atoms with E-state index in [-0.39, 0.29) is 26.5 Å². The van der Waals surface area contributed by atoms with E-state index >= 15 is 0 Å². The van der Waals surface area contributed by atoms with Gasteiger partial charge in [-0.3, -0.25) is 13.9 Å². The van der Waals surface area contributed by atoms with Crippen molar-refractivity contribution in [3.63, 3.8) is 0 Å². The Morgan fingerprint density at radius 2 is 1.59 bits per heavy atom. The summed E-state index contributed by atoms with van der Waals surface area (Å²) in [4.78, 5) is 26.0. The monoisotopic (exact) mass is 586 g/mol. The van der Waals surface area contributed by atoms with Gasteiger partial charge in [-0.2, -0.15) is 0 Å². The van der Waals surface area contributed by atoms with Crippen LogP contribution in [0.1, 0.15) is 10.4 Å². The molecule has 12 heteroatoms. The lowest BCUT2D eigenvalue weighted by molar-refractivity contribution is -0.135. The molecule has 0 radical (unpaired) electrons. The van der Waals surface area contributed by atoms with Crippen LogP contribution in [0.4, 0.5) is 5.69 Å². The number of carboxylic acids is 1. The van der Waals surface area contributed by atoms with Crippen LogP contribution < -0.4 is 9.62 Å². The van der Waals surface area contributed by atoms with Crippen molar-refractivity contribution >= 4 is 61.7 Å². The van der Waals surface area contributed by atoms with Crippen molar-refractivity contribution in [3.8, 4) is 5.69 Å². The summed E-state index contributed by atoms with van der Waals surface area (Å²) in [6.07, 6.45) is 1.83. The van der Waals surface area contributed by atoms with E-state index in [4.69, 9.17) is 23.2 Å². The van der Waals surface area contributed by atoms with Crippen molar-refractivity contribution in [2.45, 2.75) is 4.90 Å². The Labute approximate surface area is 235 Å². The largest absolute Gasteiger partial charge is 0.480 e. The van der Waals surface area contributed by atoms with E-state index in [1.165, 1.54) is 18.2 Å². The fourth-order valence-corrected chi connectivity index (χ4v) is 6.70. The number of fused-ring (bicyclic) bond motifs is 1. The molecule has 0 saturated carbocycles. The van der Waals surface area contributed by atoms with Gasteiger partial charge in [0, 0.05) is 59.1 Å². The molecule has 4 aromatic rings. The number of nitrogens with one attached hydrogen (secondary N) is 1. The number of carboxylic acid groups (broad SMARTS) is 1. The number of carbonyl (C=O) groups is 2. The smallest absolute Gasteiger partial charge is 0.324 e. The number of aliphatic carboxylic acids is 1. The molecule has 3 aromatic carbocycles. The first kappa shape index (κ1) is 27.0. The first-order chi connectivity index (χ1) is 18.6. The molecule has 1 fully saturated rings. The molecule has 0 unspecified atom stereocenters. The second kappa shape index (κ2) is 10.9. The summed E-state index contributed by atoms with van der Waals surface area (Å²) in [6.45, 7) is 2.11. The van der Waals surface area contributed by atoms with Crippen molar-refractivity contribution in [1.29, 1.82) is 0 Å². The summed E-state index contributed by atoms with van der Waals surface area (Å²) in [5.41, 5.74) is 2.38. The van der Waals surface area contributed by atoms with E-state index in [2.05, 4.69) is 5.32 Å². The molecular weight excluding hydrogens is 563 g/mol. The standard InChI is InChI=1S/C27H24Cl2N4O5S/c28-20-14-21(29)16-24(15-20)39(37,38)33(17-26(34)35)23-5-6-25-19(13-23)7-10-32(25)22-3-1-18(2-4-22)27(36)31-11-8-30-9-12-31/h1-7,10,13-16,30H,8-9,11-12,17H2,(H,34,35). The Morgan fingerprint density at radius 1 is 0.923 bits per heavy atom. The van der Waals surface area contributed by atoms with E-state index in [1.54, 1.807) is 36.4 Å². The van der Waals surface area contributed by atoms with Gasteiger partial charge >= 0.3 is 5.97 Å². The fraction of sp³-hybridized carbons (Fsp3) is 0.185. The number of hydrogen-bond acceptors (Lipinski definition) is 5. The Kier molecular flexibility index (Phi) is 7.55. The van der Waals surface area contributed by atoms with Crippen LogP contribution in [0.3, 0.4) is 0 Å². The van der Waals surface area contributed by atoms with Gasteiger partial charge in [-0.25, -0.2) is 8.42 Å². The van der Waals surface area contributed by atoms with Crippen LogP contribution in [0.15, 0.2) is 77.8 Å². The number of nitrogens with zero attached hydrogens (tertiary/aromatic N) is 3. The molecule has 1 aliphatic heterocycles. The normalized spacial score (nSPS) is 13.9. The summed E-state index contributed by atoms with van der Waals surface area (Å²) in [6, 6.07) is 17.8. The molecule has 1 aromatic heterocycles. The highest BCUT2D eigenvalue weighted by Crippen LogP contribution is 2.31. The summed E-state index contributed by atoms with van der Waals surface area (Å²) in [5, 5.41) is 13.6. The zero-order chi connectivity index (χ0) is 27.7. The predicted molar refractivity (Wildman–Crippen MR) is 151 cm³/mol. The quantitative estimate of drug-likeness (QED) is 0.334. The van der Waals surface area contributed by atoms with Gasteiger partial charge in [0.2, 0.25) is 0 Å². The SMILES string of the molecule is O=C(O)CN(c1ccc2c(ccn2-c2ccc(C(=O)N3CCNCC3)cc2)c1)S(=O)(=O)c1cc(Cl)cc(Cl)c1. The average molecular weight is 587 g/mol. The second-order valence-corrected chi connectivity index (χ2v) is 11.8. The number of amides is 1. The predicted octanol–water partition coefficient (Wildman–Crippen LogP) is 4.26. The van der Waals surface area contributed by atoms with Crippen LogP contribution >= 0.6 is 23.2 Å². The van der Waals surface area contributed by atoms with Crippen LogP contribution in [0.5, 0.6) is 0 Å². The third-order valence-electron chi connectivity index (χ3n) is 6.46. The first-order valence-electron chi connectivity index (χ1n) is 12.1. The number of rotatable bonds is 7. The Hall–Kier alpha value is -3.57. The number of hydrogen-bond donors (Lipinski definition) is 2. The zero-order valence-corrected chi connectivity index (χ0v) is 22.9. The minimum Gasteiger partial charge on any atom is -0.480 e. The topological polar surface area (TPSA) is 112 Å². The lowest BCUT2D eigenvalue weighted by Crippen LogP contribution is -2.46. The highest BCUT2D eigenvalue weighted by Gasteiger charge is 2.28. The maximum absolute atomic E-state index is 13.4. The van der Waals surface area contributed by atoms with Gasteiger partial charge in [0.1, 0.15) is 6.54 Å². The highest BCUT2D eigenvalue weighted by molar-refractivity contribution is 7.92. The van der Waals surface area contributed by atoms with Gasteiger partial charge in [-0.15, -0.1) is 0 Å². The Bertz CT molecular complexity index is 1650. The average Bonchev–Trinajstić information content (AvgIpc) is 3.34. The van der Waals surface area contributed by atoms with Gasteiger partial charge in [0.15, 0.2) is 0 Å². The minimum absolute atomic E-state index is 0.00854. The third kappa shape index (κ3) is 5.60. The molecule has 202 valence electrons. The van der Waals surface area contributed by atoms with Crippen LogP contribution in [0, 0.1) is 0 Å². The van der Waals surface area contributed by atoms with E-state index in [1.807, 2.05) is 27.8 Å². The van der Waals surface area contributed by atoms with Crippen molar-refractivity contribution in [2.75, 3.05) is 37.0 Å². The van der Waals surface area contributed by atoms with E-state index in [0.29, 0.717) is 24.0 Å². The number of aromatic nitrogens is 1. The maximum atomic E-state index is 13.4. The number of carbonyl (C=O) groups excluding carboxylic acids is 1. The van der Waals surface area contributed by atoms with Crippen molar-refractivity contribution in [2.24, 2.45) is 0 Å². The molecule has 2 N–H and O–H groups in total. The second-order valence-electron chi connectivity index (χ2n) is 9.03. The number of halogens is 2. The number of piperazine rings is 1. The summed E-state index contributed by atoms with van der Waals surface area (Å²) >= 11 is 12.0. The lowest BCUT2D eigenvalue weighted by Gasteiger charge is -2.27. The van der Waals surface area contributed by atoms with Crippen LogP contribution in [0.2, 0.25) is 10.0 Å². The molecule has 39 heavy (non-hydrogen) atoms. The number of benzene rings is 3. The molecule has 1 amide bonds. The Morgan fingerprint density at radius 3 is 2.23 bits per heavy atom. The third-order valence-corrected chi connectivity index (χ3v) is 8.65. The fourth-order valence-electron chi connectivity index (χ4n) is 4.57. The van der Waals surface area contributed by atoms with Gasteiger partial charge in [-0.05, 0) is 66.7 Å². The molecule has 0 spiro atoms. The lowest BCUT2D eigenvalue weighted by atomic mass is 10.1. The van der Waals surface area contributed by atoms with Crippen molar-refractivity contribution < 1.29 is 23.1 Å². The number of anilines is 1. The molecule has 9 nitrogen and oxygen atoms in total. The summed E-state index contributed by atoms with van der Waals surface area (Å²) in [7, 11) is -4.29. The maximum Gasteiger partial charge on any atom is 0.324 e. The first-order valence-corrected chi connectivity index (χ1v) is 14.3. The molecule has 1 saturated heterocycles. The molecule has 0 aliphatic carbocycles. The van der Waals surface area contributed by atoms with Gasteiger partial charge < -0.3 is 19.9 Å². The van der Waals surface area contributed by atoms with Crippen LogP contribution in [0.25, 0.3) is 16.6 Å². The molecule has 1 aliphatic rings. The van der Waals surface area contributed by atoms with E-state index in [0.717, 1.165) is 28.6 Å². The summed E-state index contributed by atoms with van der Waals surface area (Å²) < 4.78 is 29.6. The van der Waals surface area contributed by atoms with Crippen LogP contribution in [-0.2, 0) is 14.8 Å². The number of sulfonamides is 1. The molecule has 2 heterocycles. The van der Waals surface area contributed by atoms with Gasteiger partial charge in [0.05, 0.1) is 16.1 Å². The summed E-state index contributed by atoms with van der Waals surface area (Å²) in [5.74, 6) is -1.33. The van der Waals surface area contributed by atoms with E-state index in [9.17, 15) is 23.1 Å². The van der Waals surface area contributed by atoms with Crippen molar-refractivity contribution in [1.82, 2.24) is 14.8 Å². The Balaban J connectivity index is 1.46. The zero-order valence-electron chi connectivity index (χ0n) is 20.5. The highest BCUT2D eigenvalue weighted by atomic mass is 35.5. The molecule has 0 bridgehead atoms. The van der Waals surface area contributed by atoms with Gasteiger partial charge in [-0.1, -0.05) is 23.2 Å². The van der Waals surface area contributed by atoms with Gasteiger partial charge in [0.25, 0.3) is 15.9 Å². The molecular formula is C27H24Cl2N4O5S. The molecule has 0 atom stereocenters. The molecule has 5 rings (SSSR count).